The van der Waals surface area contributed by atoms with Crippen molar-refractivity contribution in [1.82, 2.24) is 10.2 Å². The highest BCUT2D eigenvalue weighted by Gasteiger charge is 2.29. The maximum atomic E-state index is 11.3. The van der Waals surface area contributed by atoms with Gasteiger partial charge in [0.15, 0.2) is 0 Å². The normalized spacial score (nSPS) is 15.7. The molecule has 0 aliphatic rings. The largest absolute Gasteiger partial charge is 0.368 e. The van der Waals surface area contributed by atoms with E-state index in [1.54, 1.807) is 7.05 Å². The number of hydrogen-bond donors (Lipinski definition) is 2. The van der Waals surface area contributed by atoms with E-state index in [1.807, 2.05) is 6.92 Å². The van der Waals surface area contributed by atoms with Gasteiger partial charge in [0, 0.05) is 12.6 Å². The van der Waals surface area contributed by atoms with Crippen LogP contribution < -0.4 is 11.1 Å². The van der Waals surface area contributed by atoms with Crippen LogP contribution in [0, 0.1) is 0 Å². The van der Waals surface area contributed by atoms with Crippen molar-refractivity contribution in [2.45, 2.75) is 45.7 Å². The minimum atomic E-state index is -0.595. The molecule has 0 saturated heterocycles. The lowest BCUT2D eigenvalue weighted by Gasteiger charge is -2.31. The molecule has 3 N–H and O–H groups in total. The molecule has 0 aromatic rings. The number of hydrogen-bond acceptors (Lipinski definition) is 3. The Morgan fingerprint density at radius 2 is 2.07 bits per heavy atom. The maximum Gasteiger partial charge on any atom is 0.237 e. The number of nitrogens with zero attached hydrogens (tertiary/aromatic N) is 1. The van der Waals surface area contributed by atoms with E-state index >= 15 is 0 Å². The first-order valence-electron chi connectivity index (χ1n) is 5.60. The second-order valence-corrected chi connectivity index (χ2v) is 4.42. The number of carbonyl (C=O) groups is 1. The second-order valence-electron chi connectivity index (χ2n) is 4.42. The summed E-state index contributed by atoms with van der Waals surface area (Å²) < 4.78 is 0. The first kappa shape index (κ1) is 14.4. The van der Waals surface area contributed by atoms with Gasteiger partial charge in [-0.3, -0.25) is 4.79 Å². The molecular weight excluding hydrogens is 190 g/mol. The third-order valence-electron chi connectivity index (χ3n) is 3.13. The fraction of sp³-hybridized carbons (Fsp3) is 0.909. The second kappa shape index (κ2) is 6.08. The molecule has 15 heavy (non-hydrogen) atoms. The first-order chi connectivity index (χ1) is 6.87. The van der Waals surface area contributed by atoms with Crippen LogP contribution in [0.2, 0.25) is 0 Å². The van der Waals surface area contributed by atoms with Gasteiger partial charge in [0.2, 0.25) is 5.91 Å². The average Bonchev–Trinajstić information content (AvgIpc) is 2.17. The van der Waals surface area contributed by atoms with Crippen LogP contribution in [-0.2, 0) is 4.79 Å². The Morgan fingerprint density at radius 1 is 1.53 bits per heavy atom. The fourth-order valence-electron chi connectivity index (χ4n) is 1.52. The molecule has 1 amide bonds. The van der Waals surface area contributed by atoms with Gasteiger partial charge in [-0.2, -0.15) is 0 Å². The molecule has 0 spiro atoms. The van der Waals surface area contributed by atoms with E-state index in [2.05, 4.69) is 31.0 Å². The van der Waals surface area contributed by atoms with E-state index < -0.39 is 5.54 Å². The molecule has 0 fully saturated rings. The molecule has 0 saturated carbocycles. The van der Waals surface area contributed by atoms with Gasteiger partial charge in [-0.15, -0.1) is 0 Å². The van der Waals surface area contributed by atoms with Crippen LogP contribution in [-0.4, -0.2) is 42.5 Å². The summed E-state index contributed by atoms with van der Waals surface area (Å²) in [4.78, 5) is 13.6. The third kappa shape index (κ3) is 4.18. The molecular formula is C11H25N3O. The molecule has 90 valence electrons. The number of nitrogens with one attached hydrogen (secondary N) is 1. The Labute approximate surface area is 93.2 Å². The molecule has 0 heterocycles. The highest BCUT2D eigenvalue weighted by atomic mass is 16.1. The van der Waals surface area contributed by atoms with E-state index in [9.17, 15) is 4.79 Å². The van der Waals surface area contributed by atoms with E-state index in [4.69, 9.17) is 5.73 Å². The van der Waals surface area contributed by atoms with E-state index in [-0.39, 0.29) is 5.91 Å². The summed E-state index contributed by atoms with van der Waals surface area (Å²) in [5, 5.41) is 3.00. The monoisotopic (exact) mass is 215 g/mol. The highest BCUT2D eigenvalue weighted by molar-refractivity contribution is 5.84. The van der Waals surface area contributed by atoms with Crippen LogP contribution in [0.25, 0.3) is 0 Å². The van der Waals surface area contributed by atoms with Gasteiger partial charge in [-0.1, -0.05) is 6.92 Å². The summed E-state index contributed by atoms with van der Waals surface area (Å²) in [6.45, 7) is 10.2. The van der Waals surface area contributed by atoms with Crippen molar-refractivity contribution in [2.24, 2.45) is 5.73 Å². The Kier molecular flexibility index (Phi) is 5.83. The lowest BCUT2D eigenvalue weighted by atomic mass is 9.96. The molecule has 4 nitrogen and oxygen atoms in total. The molecule has 0 rings (SSSR count). The Hall–Kier alpha value is -0.610. The molecule has 0 aromatic heterocycles. The number of nitrogens with two attached hydrogens (primary N) is 1. The first-order valence-corrected chi connectivity index (χ1v) is 5.60. The zero-order chi connectivity index (χ0) is 12.1. The zero-order valence-electron chi connectivity index (χ0n) is 10.6. The van der Waals surface area contributed by atoms with Crippen LogP contribution in [0.5, 0.6) is 0 Å². The van der Waals surface area contributed by atoms with Crippen LogP contribution in [0.3, 0.4) is 0 Å². The molecule has 0 aliphatic heterocycles. The standard InChI is InChI=1S/C11H25N3O/c1-6-14(9(2)3)8-7-11(4,13-5)10(12)15/h9,13H,6-8H2,1-5H3,(H2,12,15). The van der Waals surface area contributed by atoms with Crippen LogP contribution in [0.15, 0.2) is 0 Å². The topological polar surface area (TPSA) is 58.4 Å². The maximum absolute atomic E-state index is 11.3. The fourth-order valence-corrected chi connectivity index (χ4v) is 1.52. The lowest BCUT2D eigenvalue weighted by Crippen LogP contribution is -2.53. The van der Waals surface area contributed by atoms with E-state index in [1.165, 1.54) is 0 Å². The van der Waals surface area contributed by atoms with Gasteiger partial charge < -0.3 is 16.0 Å². The summed E-state index contributed by atoms with van der Waals surface area (Å²) >= 11 is 0. The van der Waals surface area contributed by atoms with Gasteiger partial charge in [-0.05, 0) is 40.8 Å². The van der Waals surface area contributed by atoms with Gasteiger partial charge >= 0.3 is 0 Å². The third-order valence-corrected chi connectivity index (χ3v) is 3.13. The number of likely N-dealkylation sites (N-methyl/N-ethyl adjacent to an activating group) is 1. The van der Waals surface area contributed by atoms with Crippen molar-refractivity contribution in [3.05, 3.63) is 0 Å². The number of primary amides is 1. The Bertz CT molecular complexity index is 206. The summed E-state index contributed by atoms with van der Waals surface area (Å²) in [5.41, 5.74) is 4.77. The zero-order valence-corrected chi connectivity index (χ0v) is 10.6. The summed E-state index contributed by atoms with van der Waals surface area (Å²) in [7, 11) is 1.77. The molecule has 0 aliphatic carbocycles. The van der Waals surface area contributed by atoms with Gasteiger partial charge in [0.05, 0.1) is 5.54 Å². The molecule has 1 unspecified atom stereocenters. The van der Waals surface area contributed by atoms with Gasteiger partial charge in [0.25, 0.3) is 0 Å². The van der Waals surface area contributed by atoms with Crippen LogP contribution in [0.4, 0.5) is 0 Å². The summed E-state index contributed by atoms with van der Waals surface area (Å²) in [6.07, 6.45) is 0.741. The quantitative estimate of drug-likeness (QED) is 0.653. The highest BCUT2D eigenvalue weighted by Crippen LogP contribution is 2.10. The van der Waals surface area contributed by atoms with E-state index in [0.29, 0.717) is 6.04 Å². The van der Waals surface area contributed by atoms with Crippen molar-refractivity contribution in [3.63, 3.8) is 0 Å². The number of carbonyl (C=O) groups excluding carboxylic acids is 1. The predicted molar refractivity (Wildman–Crippen MR) is 63.7 cm³/mol. The lowest BCUT2D eigenvalue weighted by molar-refractivity contribution is -0.124. The van der Waals surface area contributed by atoms with Crippen LogP contribution >= 0.6 is 0 Å². The summed E-state index contributed by atoms with van der Waals surface area (Å²) in [6, 6.07) is 0.504. The predicted octanol–water partition coefficient (Wildman–Crippen LogP) is 0.570. The van der Waals surface area contributed by atoms with Gasteiger partial charge in [-0.25, -0.2) is 0 Å². The number of rotatable bonds is 7. The van der Waals surface area contributed by atoms with Crippen molar-refractivity contribution in [1.29, 1.82) is 0 Å². The molecule has 0 aromatic carbocycles. The van der Waals surface area contributed by atoms with Crippen molar-refractivity contribution < 1.29 is 4.79 Å². The Morgan fingerprint density at radius 3 is 2.33 bits per heavy atom. The van der Waals surface area contributed by atoms with Crippen molar-refractivity contribution in [3.8, 4) is 0 Å². The SMILES string of the molecule is CCN(CCC(C)(NC)C(N)=O)C(C)C. The average molecular weight is 215 g/mol. The minimum Gasteiger partial charge on any atom is -0.368 e. The molecule has 4 heteroatoms. The van der Waals surface area contributed by atoms with Gasteiger partial charge in [0.1, 0.15) is 0 Å². The van der Waals surface area contributed by atoms with Crippen molar-refractivity contribution >= 4 is 5.91 Å². The van der Waals surface area contributed by atoms with Crippen LogP contribution in [0.1, 0.15) is 34.1 Å². The molecule has 0 bridgehead atoms. The van der Waals surface area contributed by atoms with E-state index in [0.717, 1.165) is 19.5 Å². The molecule has 1 atom stereocenters. The minimum absolute atomic E-state index is 0.287. The van der Waals surface area contributed by atoms with Crippen molar-refractivity contribution in [2.75, 3.05) is 20.1 Å². The Balaban J connectivity index is 4.27. The smallest absolute Gasteiger partial charge is 0.237 e. The molecule has 0 radical (unpaired) electrons. The number of amides is 1. The summed E-state index contributed by atoms with van der Waals surface area (Å²) in [5.74, 6) is -0.287.